The summed E-state index contributed by atoms with van der Waals surface area (Å²) in [5, 5.41) is 8.65. The van der Waals surface area contributed by atoms with Gasteiger partial charge in [0.25, 0.3) is 5.91 Å². The van der Waals surface area contributed by atoms with Crippen LogP contribution in [-0.4, -0.2) is 32.0 Å². The number of rotatable bonds is 3. The summed E-state index contributed by atoms with van der Waals surface area (Å²) in [6.07, 6.45) is 0.861. The van der Waals surface area contributed by atoms with E-state index in [4.69, 9.17) is 0 Å². The van der Waals surface area contributed by atoms with Crippen molar-refractivity contribution in [1.82, 2.24) is 10.6 Å². The quantitative estimate of drug-likeness (QED) is 0.757. The van der Waals surface area contributed by atoms with Gasteiger partial charge in [0.15, 0.2) is 0 Å². The molecule has 1 aliphatic rings. The zero-order chi connectivity index (χ0) is 13.8. The van der Waals surface area contributed by atoms with Gasteiger partial charge in [-0.1, -0.05) is 6.07 Å². The Hall–Kier alpha value is -1.88. The lowest BCUT2D eigenvalue weighted by molar-refractivity contribution is -0.119. The van der Waals surface area contributed by atoms with E-state index in [0.717, 1.165) is 25.1 Å². The Morgan fingerprint density at radius 1 is 1.37 bits per heavy atom. The first-order valence-electron chi connectivity index (χ1n) is 6.46. The number of hydrogen-bond acceptors (Lipinski definition) is 3. The van der Waals surface area contributed by atoms with Crippen molar-refractivity contribution >= 4 is 17.5 Å². The normalized spacial score (nSPS) is 18.1. The third kappa shape index (κ3) is 3.12. The van der Waals surface area contributed by atoms with E-state index in [2.05, 4.69) is 16.0 Å². The van der Waals surface area contributed by atoms with Gasteiger partial charge in [-0.25, -0.2) is 0 Å². The van der Waals surface area contributed by atoms with E-state index >= 15 is 0 Å². The maximum atomic E-state index is 12.1. The van der Waals surface area contributed by atoms with E-state index in [1.54, 1.807) is 19.2 Å². The molecule has 1 atom stereocenters. The Bertz CT molecular complexity index is 493. The number of amides is 2. The second-order valence-electron chi connectivity index (χ2n) is 4.79. The molecule has 0 saturated carbocycles. The molecule has 1 saturated heterocycles. The molecule has 2 amide bonds. The maximum Gasteiger partial charge on any atom is 0.251 e. The predicted octanol–water partition coefficient (Wildman–Crippen LogP) is 0.903. The number of carbonyl (C=O) groups excluding carboxylic acids is 2. The molecule has 0 aromatic heterocycles. The minimum Gasteiger partial charge on any atom is -0.355 e. The minimum absolute atomic E-state index is 0.0159. The largest absolute Gasteiger partial charge is 0.355 e. The maximum absolute atomic E-state index is 12.1. The van der Waals surface area contributed by atoms with E-state index in [-0.39, 0.29) is 17.7 Å². The lowest BCUT2D eigenvalue weighted by Gasteiger charge is -2.13. The smallest absolute Gasteiger partial charge is 0.251 e. The molecule has 1 aliphatic heterocycles. The molecule has 5 nitrogen and oxygen atoms in total. The second kappa shape index (κ2) is 5.84. The van der Waals surface area contributed by atoms with Crippen molar-refractivity contribution in [2.45, 2.75) is 13.3 Å². The first-order chi connectivity index (χ1) is 9.11. The fraction of sp³-hybridized carbons (Fsp3) is 0.429. The standard InChI is InChI=1S/C14H19N3O2/c1-9-3-4-10(13(18)15-2)7-12(9)17-14(19)11-5-6-16-8-11/h3-4,7,11,16H,5-6,8H2,1-2H3,(H,15,18)(H,17,19). The zero-order valence-electron chi connectivity index (χ0n) is 11.2. The van der Waals surface area contributed by atoms with Gasteiger partial charge >= 0.3 is 0 Å². The van der Waals surface area contributed by atoms with Crippen LogP contribution in [0.15, 0.2) is 18.2 Å². The third-order valence-electron chi connectivity index (χ3n) is 3.42. The fourth-order valence-corrected chi connectivity index (χ4v) is 2.16. The van der Waals surface area contributed by atoms with Crippen molar-refractivity contribution in [2.24, 2.45) is 5.92 Å². The molecule has 1 unspecified atom stereocenters. The third-order valence-corrected chi connectivity index (χ3v) is 3.42. The first kappa shape index (κ1) is 13.5. The molecule has 1 aromatic carbocycles. The van der Waals surface area contributed by atoms with Gasteiger partial charge in [0.1, 0.15) is 0 Å². The number of aryl methyl sites for hydroxylation is 1. The van der Waals surface area contributed by atoms with Crippen LogP contribution in [0, 0.1) is 12.8 Å². The molecule has 1 heterocycles. The highest BCUT2D eigenvalue weighted by molar-refractivity contribution is 5.98. The van der Waals surface area contributed by atoms with Crippen molar-refractivity contribution < 1.29 is 9.59 Å². The van der Waals surface area contributed by atoms with Gasteiger partial charge in [-0.2, -0.15) is 0 Å². The predicted molar refractivity (Wildman–Crippen MR) is 74.2 cm³/mol. The molecular weight excluding hydrogens is 242 g/mol. The van der Waals surface area contributed by atoms with Crippen molar-refractivity contribution in [3.8, 4) is 0 Å². The Balaban J connectivity index is 2.14. The number of carbonyl (C=O) groups is 2. The molecule has 5 heteroatoms. The highest BCUT2D eigenvalue weighted by atomic mass is 16.2. The molecule has 1 aromatic rings. The Morgan fingerprint density at radius 3 is 2.79 bits per heavy atom. The lowest BCUT2D eigenvalue weighted by Crippen LogP contribution is -2.25. The number of nitrogens with one attached hydrogen (secondary N) is 3. The van der Waals surface area contributed by atoms with Crippen molar-refractivity contribution in [3.05, 3.63) is 29.3 Å². The van der Waals surface area contributed by atoms with Crippen LogP contribution in [0.25, 0.3) is 0 Å². The SMILES string of the molecule is CNC(=O)c1ccc(C)c(NC(=O)C2CCNC2)c1. The minimum atomic E-state index is -0.155. The zero-order valence-corrected chi connectivity index (χ0v) is 11.2. The van der Waals surface area contributed by atoms with Gasteiger partial charge < -0.3 is 16.0 Å². The Morgan fingerprint density at radius 2 is 2.16 bits per heavy atom. The van der Waals surface area contributed by atoms with Gasteiger partial charge in [-0.3, -0.25) is 9.59 Å². The summed E-state index contributed by atoms with van der Waals surface area (Å²) in [6, 6.07) is 5.31. The summed E-state index contributed by atoms with van der Waals surface area (Å²) in [5.41, 5.74) is 2.21. The van der Waals surface area contributed by atoms with Crippen LogP contribution in [0.1, 0.15) is 22.3 Å². The average Bonchev–Trinajstić information content (AvgIpc) is 2.94. The molecule has 0 aliphatic carbocycles. The highest BCUT2D eigenvalue weighted by Gasteiger charge is 2.22. The molecule has 102 valence electrons. The topological polar surface area (TPSA) is 70.2 Å². The molecule has 19 heavy (non-hydrogen) atoms. The summed E-state index contributed by atoms with van der Waals surface area (Å²) in [6.45, 7) is 3.52. The van der Waals surface area contributed by atoms with Gasteiger partial charge in [-0.05, 0) is 37.6 Å². The number of hydrogen-bond donors (Lipinski definition) is 3. The van der Waals surface area contributed by atoms with E-state index in [1.807, 2.05) is 13.0 Å². The summed E-state index contributed by atoms with van der Waals surface area (Å²) >= 11 is 0. The Labute approximate surface area is 112 Å². The molecule has 0 radical (unpaired) electrons. The van der Waals surface area contributed by atoms with Gasteiger partial charge in [0, 0.05) is 24.8 Å². The molecular formula is C14H19N3O2. The van der Waals surface area contributed by atoms with Gasteiger partial charge in [0.2, 0.25) is 5.91 Å². The van der Waals surface area contributed by atoms with Crippen LogP contribution in [-0.2, 0) is 4.79 Å². The molecule has 3 N–H and O–H groups in total. The highest BCUT2D eigenvalue weighted by Crippen LogP contribution is 2.19. The van der Waals surface area contributed by atoms with Crippen LogP contribution >= 0.6 is 0 Å². The molecule has 1 fully saturated rings. The van der Waals surface area contributed by atoms with E-state index in [1.165, 1.54) is 0 Å². The molecule has 0 spiro atoms. The van der Waals surface area contributed by atoms with Crippen LogP contribution in [0.3, 0.4) is 0 Å². The van der Waals surface area contributed by atoms with Crippen LogP contribution in [0.5, 0.6) is 0 Å². The van der Waals surface area contributed by atoms with Crippen molar-refractivity contribution in [2.75, 3.05) is 25.5 Å². The number of benzene rings is 1. The fourth-order valence-electron chi connectivity index (χ4n) is 2.16. The van der Waals surface area contributed by atoms with Crippen molar-refractivity contribution in [1.29, 1.82) is 0 Å². The van der Waals surface area contributed by atoms with Gasteiger partial charge in [0.05, 0.1) is 5.92 Å². The number of anilines is 1. The molecule has 0 bridgehead atoms. The summed E-state index contributed by atoms with van der Waals surface area (Å²) in [5.74, 6) is -0.122. The van der Waals surface area contributed by atoms with Crippen molar-refractivity contribution in [3.63, 3.8) is 0 Å². The van der Waals surface area contributed by atoms with E-state index in [9.17, 15) is 9.59 Å². The van der Waals surface area contributed by atoms with E-state index < -0.39 is 0 Å². The van der Waals surface area contributed by atoms with Crippen LogP contribution < -0.4 is 16.0 Å². The van der Waals surface area contributed by atoms with Crippen LogP contribution in [0.2, 0.25) is 0 Å². The average molecular weight is 261 g/mol. The second-order valence-corrected chi connectivity index (χ2v) is 4.79. The summed E-state index contributed by atoms with van der Waals surface area (Å²) in [7, 11) is 1.59. The summed E-state index contributed by atoms with van der Waals surface area (Å²) < 4.78 is 0. The lowest BCUT2D eigenvalue weighted by atomic mass is 10.1. The molecule has 2 rings (SSSR count). The van der Waals surface area contributed by atoms with Crippen LogP contribution in [0.4, 0.5) is 5.69 Å². The first-order valence-corrected chi connectivity index (χ1v) is 6.46. The van der Waals surface area contributed by atoms with Gasteiger partial charge in [-0.15, -0.1) is 0 Å². The summed E-state index contributed by atoms with van der Waals surface area (Å²) in [4.78, 5) is 23.7. The Kier molecular flexibility index (Phi) is 4.16. The monoisotopic (exact) mass is 261 g/mol. The van der Waals surface area contributed by atoms with E-state index in [0.29, 0.717) is 11.3 Å².